The first-order chi connectivity index (χ1) is 11.7. The topological polar surface area (TPSA) is 93.0 Å². The maximum absolute atomic E-state index is 10.8. The van der Waals surface area contributed by atoms with E-state index in [0.29, 0.717) is 12.3 Å². The number of carbonyl (C=O) groups excluding carboxylic acids is 1. The Kier molecular flexibility index (Phi) is 4.76. The summed E-state index contributed by atoms with van der Waals surface area (Å²) in [6, 6.07) is 19.4. The molecule has 0 bridgehead atoms. The minimum atomic E-state index is -0.501. The Morgan fingerprint density at radius 3 is 2.75 bits per heavy atom. The van der Waals surface area contributed by atoms with E-state index in [9.17, 15) is 4.79 Å². The smallest absolute Gasteiger partial charge is 0.255 e. The number of amides is 1. The highest BCUT2D eigenvalue weighted by Crippen LogP contribution is 2.20. The first kappa shape index (κ1) is 15.6. The van der Waals surface area contributed by atoms with Crippen molar-refractivity contribution in [2.45, 2.75) is 6.54 Å². The van der Waals surface area contributed by atoms with Crippen LogP contribution in [-0.4, -0.2) is 22.7 Å². The molecule has 0 radical (unpaired) electrons. The van der Waals surface area contributed by atoms with Crippen molar-refractivity contribution in [1.82, 2.24) is 10.2 Å². The van der Waals surface area contributed by atoms with E-state index in [1.165, 1.54) is 0 Å². The monoisotopic (exact) mass is 322 g/mol. The zero-order valence-corrected chi connectivity index (χ0v) is 13.0. The number of carbonyl (C=O) groups is 1. The molecule has 0 atom stereocenters. The van der Waals surface area contributed by atoms with Crippen LogP contribution in [0.2, 0.25) is 0 Å². The number of nitrogens with two attached hydrogens (primary N) is 1. The van der Waals surface area contributed by atoms with Crippen molar-refractivity contribution >= 4 is 11.6 Å². The van der Waals surface area contributed by atoms with E-state index >= 15 is 0 Å². The zero-order valence-electron chi connectivity index (χ0n) is 13.0. The molecule has 0 unspecified atom stereocenters. The number of hydrogen-bond acceptors (Lipinski definition) is 4. The molecule has 0 aliphatic rings. The van der Waals surface area contributed by atoms with Crippen LogP contribution in [0.15, 0.2) is 60.7 Å². The van der Waals surface area contributed by atoms with Crippen LogP contribution in [0.1, 0.15) is 5.69 Å². The molecule has 0 spiro atoms. The summed E-state index contributed by atoms with van der Waals surface area (Å²) >= 11 is 0. The Hall–Kier alpha value is -3.28. The lowest BCUT2D eigenvalue weighted by molar-refractivity contribution is -0.119. The summed E-state index contributed by atoms with van der Waals surface area (Å²) in [6.45, 7) is 0.462. The molecule has 2 aromatic carbocycles. The van der Waals surface area contributed by atoms with Crippen molar-refractivity contribution in [1.29, 1.82) is 0 Å². The number of ether oxygens (including phenoxy) is 1. The molecule has 0 aliphatic carbocycles. The third kappa shape index (κ3) is 4.13. The molecule has 0 saturated carbocycles. The van der Waals surface area contributed by atoms with Gasteiger partial charge in [-0.05, 0) is 18.2 Å². The van der Waals surface area contributed by atoms with Crippen molar-refractivity contribution in [2.75, 3.05) is 11.9 Å². The third-order valence-electron chi connectivity index (χ3n) is 3.40. The molecular formula is C18H18N4O2. The van der Waals surface area contributed by atoms with E-state index in [1.54, 1.807) is 6.07 Å². The van der Waals surface area contributed by atoms with Gasteiger partial charge in [0.1, 0.15) is 5.75 Å². The molecule has 3 rings (SSSR count). The Morgan fingerprint density at radius 1 is 1.12 bits per heavy atom. The van der Waals surface area contributed by atoms with Crippen LogP contribution in [0, 0.1) is 0 Å². The largest absolute Gasteiger partial charge is 0.484 e. The highest BCUT2D eigenvalue weighted by atomic mass is 16.5. The van der Waals surface area contributed by atoms with Gasteiger partial charge in [-0.15, -0.1) is 0 Å². The number of hydrogen-bond donors (Lipinski definition) is 3. The highest BCUT2D eigenvalue weighted by Gasteiger charge is 2.04. The van der Waals surface area contributed by atoms with Crippen LogP contribution < -0.4 is 15.8 Å². The second-order valence-corrected chi connectivity index (χ2v) is 5.28. The van der Waals surface area contributed by atoms with Gasteiger partial charge in [0.25, 0.3) is 5.91 Å². The second kappa shape index (κ2) is 7.32. The van der Waals surface area contributed by atoms with Gasteiger partial charge in [0.15, 0.2) is 6.61 Å². The average Bonchev–Trinajstić information content (AvgIpc) is 3.08. The van der Waals surface area contributed by atoms with Crippen molar-refractivity contribution in [2.24, 2.45) is 5.73 Å². The Balaban J connectivity index is 1.61. The van der Waals surface area contributed by atoms with E-state index in [0.717, 1.165) is 22.6 Å². The van der Waals surface area contributed by atoms with Gasteiger partial charge in [-0.1, -0.05) is 36.4 Å². The maximum Gasteiger partial charge on any atom is 0.255 e. The van der Waals surface area contributed by atoms with Gasteiger partial charge >= 0.3 is 0 Å². The predicted molar refractivity (Wildman–Crippen MR) is 92.5 cm³/mol. The lowest BCUT2D eigenvalue weighted by atomic mass is 10.1. The van der Waals surface area contributed by atoms with Crippen molar-refractivity contribution in [3.63, 3.8) is 0 Å². The molecule has 4 N–H and O–H groups in total. The Labute approximate surface area is 139 Å². The van der Waals surface area contributed by atoms with Crippen LogP contribution in [0.3, 0.4) is 0 Å². The lowest BCUT2D eigenvalue weighted by Crippen LogP contribution is -2.20. The molecule has 0 fully saturated rings. The van der Waals surface area contributed by atoms with Crippen LogP contribution in [-0.2, 0) is 11.3 Å². The summed E-state index contributed by atoms with van der Waals surface area (Å²) < 4.78 is 5.29. The summed E-state index contributed by atoms with van der Waals surface area (Å²) in [7, 11) is 0. The first-order valence-electron chi connectivity index (χ1n) is 7.55. The number of primary amides is 1. The highest BCUT2D eigenvalue weighted by molar-refractivity contribution is 5.75. The summed E-state index contributed by atoms with van der Waals surface area (Å²) in [4.78, 5) is 10.8. The minimum Gasteiger partial charge on any atom is -0.484 e. The lowest BCUT2D eigenvalue weighted by Gasteiger charge is -2.08. The van der Waals surface area contributed by atoms with Crippen molar-refractivity contribution in [3.05, 3.63) is 66.4 Å². The SMILES string of the molecule is NC(=O)COc1cccc(NCc2cc(-c3ccccc3)n[nH]2)c1. The van der Waals surface area contributed by atoms with Crippen molar-refractivity contribution < 1.29 is 9.53 Å². The van der Waals surface area contributed by atoms with E-state index in [4.69, 9.17) is 10.5 Å². The molecule has 1 heterocycles. The Morgan fingerprint density at radius 2 is 1.96 bits per heavy atom. The van der Waals surface area contributed by atoms with E-state index < -0.39 is 5.91 Å². The molecule has 0 aliphatic heterocycles. The van der Waals surface area contributed by atoms with E-state index in [1.807, 2.05) is 54.6 Å². The molecule has 3 aromatic rings. The normalized spacial score (nSPS) is 10.3. The number of benzene rings is 2. The number of nitrogens with zero attached hydrogens (tertiary/aromatic N) is 1. The van der Waals surface area contributed by atoms with Crippen LogP contribution in [0.4, 0.5) is 5.69 Å². The fraction of sp³-hybridized carbons (Fsp3) is 0.111. The number of rotatable bonds is 7. The average molecular weight is 322 g/mol. The summed E-state index contributed by atoms with van der Waals surface area (Å²) in [5, 5.41) is 10.6. The number of aromatic nitrogens is 2. The summed E-state index contributed by atoms with van der Waals surface area (Å²) in [6.07, 6.45) is 0. The molecular weight excluding hydrogens is 304 g/mol. The van der Waals surface area contributed by atoms with Gasteiger partial charge in [0.2, 0.25) is 0 Å². The van der Waals surface area contributed by atoms with Gasteiger partial charge in [-0.2, -0.15) is 5.10 Å². The summed E-state index contributed by atoms with van der Waals surface area (Å²) in [5.41, 5.74) is 8.90. The van der Waals surface area contributed by atoms with Crippen LogP contribution >= 0.6 is 0 Å². The molecule has 1 aromatic heterocycles. The number of H-pyrrole nitrogens is 1. The van der Waals surface area contributed by atoms with Gasteiger partial charge in [0.05, 0.1) is 17.9 Å². The van der Waals surface area contributed by atoms with Crippen LogP contribution in [0.5, 0.6) is 5.75 Å². The van der Waals surface area contributed by atoms with E-state index in [2.05, 4.69) is 15.5 Å². The molecule has 122 valence electrons. The third-order valence-corrected chi connectivity index (χ3v) is 3.40. The fourth-order valence-corrected chi connectivity index (χ4v) is 2.26. The predicted octanol–water partition coefficient (Wildman–Crippen LogP) is 2.55. The molecule has 24 heavy (non-hydrogen) atoms. The second-order valence-electron chi connectivity index (χ2n) is 5.28. The Bertz CT molecular complexity index is 815. The van der Waals surface area contributed by atoms with Gasteiger partial charge in [-0.3, -0.25) is 9.89 Å². The standard InChI is InChI=1S/C18H18N4O2/c19-18(23)12-24-16-8-4-7-14(9-16)20-11-15-10-17(22-21-15)13-5-2-1-3-6-13/h1-10,20H,11-12H2,(H2,19,23)(H,21,22). The quantitative estimate of drug-likeness (QED) is 0.623. The fourth-order valence-electron chi connectivity index (χ4n) is 2.26. The molecule has 6 nitrogen and oxygen atoms in total. The van der Waals surface area contributed by atoms with Gasteiger partial charge in [-0.25, -0.2) is 0 Å². The molecule has 0 saturated heterocycles. The van der Waals surface area contributed by atoms with Crippen molar-refractivity contribution in [3.8, 4) is 17.0 Å². The van der Waals surface area contributed by atoms with Gasteiger partial charge in [0, 0.05) is 17.3 Å². The van der Waals surface area contributed by atoms with Gasteiger partial charge < -0.3 is 15.8 Å². The zero-order chi connectivity index (χ0) is 16.8. The number of anilines is 1. The van der Waals surface area contributed by atoms with E-state index in [-0.39, 0.29) is 6.61 Å². The molecule has 1 amide bonds. The minimum absolute atomic E-state index is 0.134. The summed E-state index contributed by atoms with van der Waals surface area (Å²) in [5.74, 6) is 0.0904. The molecule has 6 heteroatoms. The van der Waals surface area contributed by atoms with Crippen LogP contribution in [0.25, 0.3) is 11.3 Å². The number of aromatic amines is 1. The number of nitrogens with one attached hydrogen (secondary N) is 2. The maximum atomic E-state index is 10.8. The first-order valence-corrected chi connectivity index (χ1v) is 7.55.